The Hall–Kier alpha value is -2.75. The standard InChI is InChI=1S/C26H17F2N4O.CF2I.U/c1-16-21(26(33)31-18-7-3-2-4-8-18)13-17(14-29-16)19-10-6-12-32-23(19)15-30-25(32)20-9-5-11-22(27)24(20)28;2-1(3)4;/h3-15H,1H3,(H,31,33);;/q2*-1;/p+1. The Morgan fingerprint density at radius 1 is 1.11 bits per heavy atom. The number of carbonyl (C=O) groups excluding carboxylic acids is 1. The molecule has 38 heavy (non-hydrogen) atoms. The van der Waals surface area contributed by atoms with E-state index in [1.807, 2.05) is 6.07 Å². The quantitative estimate of drug-likeness (QED) is 0.0893. The Morgan fingerprint density at radius 2 is 1.79 bits per heavy atom. The van der Waals surface area contributed by atoms with Crippen LogP contribution in [0, 0.1) is 60.2 Å². The van der Waals surface area contributed by atoms with Gasteiger partial charge in [0.05, 0.1) is 21.9 Å². The van der Waals surface area contributed by atoms with E-state index in [1.165, 1.54) is 12.1 Å². The number of aryl methyl sites for hydroxylation is 1. The molecule has 5 aromatic rings. The fourth-order valence-electron chi connectivity index (χ4n) is 3.79. The molecule has 11 heteroatoms. The third kappa shape index (κ3) is 6.81. The first-order valence-electron chi connectivity index (χ1n) is 10.8. The number of hydrogen-bond acceptors (Lipinski definition) is 2. The van der Waals surface area contributed by atoms with Crippen LogP contribution >= 0.6 is 22.6 Å². The molecular formula is C27H18F4IN4OU-. The molecule has 0 atom stereocenters. The summed E-state index contributed by atoms with van der Waals surface area (Å²) in [6.45, 7) is 1.77. The number of carbonyl (C=O) groups is 1. The Morgan fingerprint density at radius 3 is 2.50 bits per heavy atom. The van der Waals surface area contributed by atoms with E-state index in [0.717, 1.165) is 45.3 Å². The van der Waals surface area contributed by atoms with E-state index in [1.54, 1.807) is 66.3 Å². The number of anilines is 1. The van der Waals surface area contributed by atoms with E-state index in [0.29, 0.717) is 22.8 Å². The van der Waals surface area contributed by atoms with Gasteiger partial charge in [-0.25, -0.2) is 36.4 Å². The monoisotopic (exact) mass is 855 g/mol. The predicted octanol–water partition coefficient (Wildman–Crippen LogP) is 6.93. The molecule has 0 radical (unpaired) electrons. The maximum Gasteiger partial charge on any atom is 0.294 e. The van der Waals surface area contributed by atoms with Gasteiger partial charge in [-0.15, -0.1) is 12.1 Å². The number of pyridine rings is 2. The van der Waals surface area contributed by atoms with Crippen LogP contribution in [0.1, 0.15) is 16.1 Å². The van der Waals surface area contributed by atoms with Gasteiger partial charge in [0.25, 0.3) is 11.7 Å². The van der Waals surface area contributed by atoms with Crippen LogP contribution in [0.4, 0.5) is 23.2 Å². The van der Waals surface area contributed by atoms with Gasteiger partial charge < -0.3 is 14.1 Å². The summed E-state index contributed by atoms with van der Waals surface area (Å²) in [7, 11) is 0. The minimum Gasteiger partial charge on any atom is -0.409 e. The van der Waals surface area contributed by atoms with Crippen LogP contribution in [0.15, 0.2) is 79.3 Å². The van der Waals surface area contributed by atoms with Crippen LogP contribution in [0.3, 0.4) is 0 Å². The Bertz CT molecular complexity index is 1560. The minimum atomic E-state index is -1.61. The van der Waals surface area contributed by atoms with E-state index >= 15 is 0 Å². The van der Waals surface area contributed by atoms with Crippen LogP contribution in [0.2, 0.25) is 0 Å². The van der Waals surface area contributed by atoms with Crippen molar-refractivity contribution in [1.82, 2.24) is 9.97 Å². The molecule has 192 valence electrons. The maximum absolute atomic E-state index is 14.4. The first kappa shape index (κ1) is 29.8. The summed E-state index contributed by atoms with van der Waals surface area (Å²) in [6.07, 6.45) is 5.17. The van der Waals surface area contributed by atoms with Crippen molar-refractivity contribution in [2.24, 2.45) is 0 Å². The van der Waals surface area contributed by atoms with E-state index in [-0.39, 0.29) is 42.6 Å². The zero-order chi connectivity index (χ0) is 26.5. The molecule has 0 fully saturated rings. The van der Waals surface area contributed by atoms with Gasteiger partial charge in [0.15, 0.2) is 17.2 Å². The van der Waals surface area contributed by atoms with Crippen LogP contribution < -0.4 is 9.72 Å². The van der Waals surface area contributed by atoms with Crippen LogP contribution in [-0.2, 0) is 0 Å². The minimum absolute atomic E-state index is 0. The smallest absolute Gasteiger partial charge is 0.294 e. The van der Waals surface area contributed by atoms with Gasteiger partial charge in [0.1, 0.15) is 11.8 Å². The zero-order valence-electron chi connectivity index (χ0n) is 19.7. The van der Waals surface area contributed by atoms with Gasteiger partial charge in [-0.2, -0.15) is 22.6 Å². The van der Waals surface area contributed by atoms with Gasteiger partial charge >= 0.3 is 0 Å². The number of aromatic amines is 1. The number of H-pyrrole nitrogens is 1. The molecular weight excluding hydrogens is 837 g/mol. The van der Waals surface area contributed by atoms with Gasteiger partial charge in [-0.1, -0.05) is 11.8 Å². The summed E-state index contributed by atoms with van der Waals surface area (Å²) in [5.41, 5.74) is 4.04. The number of fused-ring (bicyclic) bond motifs is 1. The fraction of sp³-hybridized carbons (Fsp3) is 0.0370. The number of nitrogens with zero attached hydrogens (tertiary/aromatic N) is 2. The number of amides is 1. The Balaban J connectivity index is 0.000000749. The molecule has 0 saturated heterocycles. The van der Waals surface area contributed by atoms with Crippen molar-refractivity contribution in [2.45, 2.75) is 6.92 Å². The number of rotatable bonds is 4. The summed E-state index contributed by atoms with van der Waals surface area (Å²) in [5, 5.41) is 2.86. The summed E-state index contributed by atoms with van der Waals surface area (Å²) in [5.74, 6) is -1.71. The van der Waals surface area contributed by atoms with Crippen molar-refractivity contribution in [1.29, 1.82) is 0 Å². The van der Waals surface area contributed by atoms with Gasteiger partial charge in [0, 0.05) is 48.4 Å². The number of imidazole rings is 1. The average Bonchev–Trinajstić information content (AvgIpc) is 3.30. The molecule has 0 bridgehead atoms. The molecule has 3 aromatic heterocycles. The molecule has 2 N–H and O–H groups in total. The van der Waals surface area contributed by atoms with Crippen molar-refractivity contribution < 1.29 is 57.9 Å². The molecule has 5 rings (SSSR count). The molecule has 0 unspecified atom stereocenters. The number of halogens is 5. The number of aromatic nitrogens is 3. The van der Waals surface area contributed by atoms with Crippen LogP contribution in [0.5, 0.6) is 0 Å². The summed E-state index contributed by atoms with van der Waals surface area (Å²) in [6, 6.07) is 19.4. The Kier molecular flexibility index (Phi) is 10.5. The van der Waals surface area contributed by atoms with E-state index < -0.39 is 16.1 Å². The molecule has 5 nitrogen and oxygen atoms in total. The topological polar surface area (TPSA) is 61.9 Å². The summed E-state index contributed by atoms with van der Waals surface area (Å²) in [4.78, 5) is 20.4. The third-order valence-electron chi connectivity index (χ3n) is 5.45. The molecule has 0 aliphatic heterocycles. The molecule has 1 amide bonds. The van der Waals surface area contributed by atoms with Crippen molar-refractivity contribution in [3.8, 4) is 22.5 Å². The number of benzene rings is 2. The second-order valence-corrected chi connectivity index (χ2v) is 8.55. The number of nitrogens with one attached hydrogen (secondary N) is 2. The Labute approximate surface area is 253 Å². The van der Waals surface area contributed by atoms with Crippen LogP contribution in [-0.4, -0.2) is 15.9 Å². The molecule has 2 aromatic carbocycles. The summed E-state index contributed by atoms with van der Waals surface area (Å²) >= 11 is 0.927. The van der Waals surface area contributed by atoms with E-state index in [2.05, 4.69) is 21.4 Å². The van der Waals surface area contributed by atoms with E-state index in [4.69, 9.17) is 0 Å². The van der Waals surface area contributed by atoms with Crippen molar-refractivity contribution in [3.63, 3.8) is 0 Å². The van der Waals surface area contributed by atoms with Crippen LogP contribution in [0.25, 0.3) is 28.0 Å². The zero-order valence-corrected chi connectivity index (χ0v) is 26.0. The normalized spacial score (nSPS) is 10.5. The van der Waals surface area contributed by atoms with Gasteiger partial charge in [-0.3, -0.25) is 9.78 Å². The molecule has 0 aliphatic carbocycles. The maximum atomic E-state index is 14.4. The first-order chi connectivity index (χ1) is 17.8. The summed E-state index contributed by atoms with van der Waals surface area (Å²) < 4.78 is 48.8. The van der Waals surface area contributed by atoms with Gasteiger partial charge in [-0.05, 0) is 37.3 Å². The molecule has 0 saturated carbocycles. The van der Waals surface area contributed by atoms with Crippen molar-refractivity contribution >= 4 is 39.7 Å². The van der Waals surface area contributed by atoms with Gasteiger partial charge in [0.2, 0.25) is 0 Å². The van der Waals surface area contributed by atoms with E-state index in [9.17, 15) is 22.4 Å². The fourth-order valence-corrected chi connectivity index (χ4v) is 3.79. The SMILES string of the molecule is Cc1ncc(-c2ccc[n+]3c(-c4cccc(F)c4F)[nH]cc23)cc1C(=O)Nc1cc[c-]cc1.F[C-](F)I.[U]. The third-order valence-corrected chi connectivity index (χ3v) is 5.45. The second kappa shape index (κ2) is 13.4. The number of hydrogen-bond donors (Lipinski definition) is 2. The van der Waals surface area contributed by atoms with Crippen molar-refractivity contribution in [2.75, 3.05) is 5.32 Å². The molecule has 0 aliphatic rings. The predicted molar refractivity (Wildman–Crippen MR) is 140 cm³/mol. The first-order valence-corrected chi connectivity index (χ1v) is 11.9. The molecule has 3 heterocycles. The average molecular weight is 855 g/mol. The second-order valence-electron chi connectivity index (χ2n) is 7.73. The van der Waals surface area contributed by atoms with Crippen molar-refractivity contribution in [3.05, 3.63) is 113 Å². The largest absolute Gasteiger partial charge is 0.409 e. The molecule has 0 spiro atoms.